The van der Waals surface area contributed by atoms with Crippen molar-refractivity contribution in [3.8, 4) is 0 Å². The highest BCUT2D eigenvalue weighted by atomic mass is 79.9. The van der Waals surface area contributed by atoms with Crippen molar-refractivity contribution < 1.29 is 4.39 Å². The van der Waals surface area contributed by atoms with Crippen LogP contribution >= 0.6 is 15.9 Å². The molecule has 0 saturated carbocycles. The van der Waals surface area contributed by atoms with Gasteiger partial charge in [0.05, 0.1) is 5.52 Å². The molecule has 1 aromatic heterocycles. The molecule has 1 aliphatic heterocycles. The molecule has 1 aromatic carbocycles. The second kappa shape index (κ2) is 3.32. The van der Waals surface area contributed by atoms with Crippen LogP contribution in [0, 0.1) is 5.82 Å². The monoisotopic (exact) mass is 268 g/mol. The first-order valence-electron chi connectivity index (χ1n) is 4.95. The first-order chi connectivity index (χ1) is 7.29. The highest BCUT2D eigenvalue weighted by molar-refractivity contribution is 9.10. The maximum Gasteiger partial charge on any atom is 0.147 e. The zero-order chi connectivity index (χ0) is 10.4. The number of rotatable bonds is 0. The van der Waals surface area contributed by atoms with Crippen LogP contribution in [0.3, 0.4) is 0 Å². The Hall–Kier alpha value is -0.870. The third-order valence-corrected chi connectivity index (χ3v) is 3.76. The van der Waals surface area contributed by atoms with Crippen LogP contribution in [-0.4, -0.2) is 11.1 Å². The molecule has 0 fully saturated rings. The zero-order valence-corrected chi connectivity index (χ0v) is 9.64. The van der Waals surface area contributed by atoms with Gasteiger partial charge >= 0.3 is 0 Å². The summed E-state index contributed by atoms with van der Waals surface area (Å²) in [5.74, 6) is -0.138. The first kappa shape index (κ1) is 9.36. The van der Waals surface area contributed by atoms with Gasteiger partial charge in [0.15, 0.2) is 0 Å². The summed E-state index contributed by atoms with van der Waals surface area (Å²) in [4.78, 5) is 0. The average molecular weight is 269 g/mol. The first-order valence-corrected chi connectivity index (χ1v) is 5.74. The Morgan fingerprint density at radius 3 is 3.13 bits per heavy atom. The van der Waals surface area contributed by atoms with E-state index in [2.05, 4.69) is 25.8 Å². The minimum atomic E-state index is -0.138. The molecule has 0 radical (unpaired) electrons. The molecule has 1 N–H and O–H groups in total. The van der Waals surface area contributed by atoms with E-state index in [-0.39, 0.29) is 5.82 Å². The van der Waals surface area contributed by atoms with Gasteiger partial charge in [-0.25, -0.2) is 4.39 Å². The van der Waals surface area contributed by atoms with E-state index in [1.807, 2.05) is 6.07 Å². The van der Waals surface area contributed by atoms with Gasteiger partial charge < -0.3 is 9.88 Å². The largest absolute Gasteiger partial charge is 0.339 e. The Kier molecular flexibility index (Phi) is 2.07. The Labute approximate surface area is 95.2 Å². The SMILES string of the molecule is Fc1cccc2c(Br)c3n(c12)CCNC3. The van der Waals surface area contributed by atoms with E-state index in [1.54, 1.807) is 6.07 Å². The van der Waals surface area contributed by atoms with Crippen molar-refractivity contribution in [3.63, 3.8) is 0 Å². The fourth-order valence-electron chi connectivity index (χ4n) is 2.19. The van der Waals surface area contributed by atoms with Crippen LogP contribution in [-0.2, 0) is 13.1 Å². The second-order valence-corrected chi connectivity index (χ2v) is 4.52. The van der Waals surface area contributed by atoms with Crippen molar-refractivity contribution in [2.24, 2.45) is 0 Å². The highest BCUT2D eigenvalue weighted by Crippen LogP contribution is 2.33. The van der Waals surface area contributed by atoms with Crippen molar-refractivity contribution in [3.05, 3.63) is 34.2 Å². The van der Waals surface area contributed by atoms with Gasteiger partial charge in [0.2, 0.25) is 0 Å². The van der Waals surface area contributed by atoms with Crippen molar-refractivity contribution in [2.45, 2.75) is 13.1 Å². The topological polar surface area (TPSA) is 17.0 Å². The lowest BCUT2D eigenvalue weighted by Gasteiger charge is -2.17. The van der Waals surface area contributed by atoms with Crippen molar-refractivity contribution in [1.82, 2.24) is 9.88 Å². The maximum absolute atomic E-state index is 13.7. The van der Waals surface area contributed by atoms with E-state index in [0.717, 1.165) is 40.7 Å². The number of fused-ring (bicyclic) bond motifs is 3. The molecule has 15 heavy (non-hydrogen) atoms. The molecule has 2 nitrogen and oxygen atoms in total. The number of para-hydroxylation sites is 1. The summed E-state index contributed by atoms with van der Waals surface area (Å²) in [5.41, 5.74) is 1.86. The molecule has 0 unspecified atom stereocenters. The third kappa shape index (κ3) is 1.25. The summed E-state index contributed by atoms with van der Waals surface area (Å²) < 4.78 is 16.8. The predicted octanol–water partition coefficient (Wildman–Crippen LogP) is 2.65. The summed E-state index contributed by atoms with van der Waals surface area (Å²) in [5, 5.41) is 4.26. The summed E-state index contributed by atoms with van der Waals surface area (Å²) in [6.07, 6.45) is 0. The second-order valence-electron chi connectivity index (χ2n) is 3.73. The Balaban J connectivity index is 2.44. The third-order valence-electron chi connectivity index (χ3n) is 2.88. The highest BCUT2D eigenvalue weighted by Gasteiger charge is 2.19. The van der Waals surface area contributed by atoms with Crippen LogP contribution in [0.2, 0.25) is 0 Å². The summed E-state index contributed by atoms with van der Waals surface area (Å²) >= 11 is 3.54. The molecule has 0 aliphatic carbocycles. The summed E-state index contributed by atoms with van der Waals surface area (Å²) in [7, 11) is 0. The van der Waals surface area contributed by atoms with Crippen LogP contribution in [0.25, 0.3) is 10.9 Å². The molecular formula is C11H10BrFN2. The minimum Gasteiger partial charge on any atom is -0.339 e. The predicted molar refractivity (Wildman–Crippen MR) is 61.3 cm³/mol. The maximum atomic E-state index is 13.7. The van der Waals surface area contributed by atoms with Crippen molar-refractivity contribution >= 4 is 26.8 Å². The Morgan fingerprint density at radius 2 is 2.27 bits per heavy atom. The van der Waals surface area contributed by atoms with E-state index in [1.165, 1.54) is 6.07 Å². The van der Waals surface area contributed by atoms with Crippen LogP contribution in [0.5, 0.6) is 0 Å². The molecule has 0 bridgehead atoms. The van der Waals surface area contributed by atoms with Crippen molar-refractivity contribution in [2.75, 3.05) is 6.54 Å². The molecule has 0 amide bonds. The lowest BCUT2D eigenvalue weighted by atomic mass is 10.2. The molecule has 4 heteroatoms. The Bertz CT molecular complexity index is 533. The number of benzene rings is 1. The smallest absolute Gasteiger partial charge is 0.147 e. The zero-order valence-electron chi connectivity index (χ0n) is 8.06. The number of halogens is 2. The van der Waals surface area contributed by atoms with E-state index in [0.29, 0.717) is 0 Å². The quantitative estimate of drug-likeness (QED) is 0.778. The molecule has 2 heterocycles. The van der Waals surface area contributed by atoms with E-state index < -0.39 is 0 Å². The van der Waals surface area contributed by atoms with E-state index in [9.17, 15) is 4.39 Å². The summed E-state index contributed by atoms with van der Waals surface area (Å²) in [6.45, 7) is 2.53. The fourth-order valence-corrected chi connectivity index (χ4v) is 2.87. The van der Waals surface area contributed by atoms with Crippen LogP contribution < -0.4 is 5.32 Å². The summed E-state index contributed by atoms with van der Waals surface area (Å²) in [6, 6.07) is 5.22. The van der Waals surface area contributed by atoms with Crippen LogP contribution in [0.1, 0.15) is 5.69 Å². The van der Waals surface area contributed by atoms with E-state index >= 15 is 0 Å². The lowest BCUT2D eigenvalue weighted by molar-refractivity contribution is 0.517. The molecule has 0 atom stereocenters. The number of hydrogen-bond acceptors (Lipinski definition) is 1. The number of nitrogens with zero attached hydrogens (tertiary/aromatic N) is 1. The molecular weight excluding hydrogens is 259 g/mol. The van der Waals surface area contributed by atoms with Gasteiger partial charge in [-0.15, -0.1) is 0 Å². The normalized spacial score (nSPS) is 15.6. The van der Waals surface area contributed by atoms with Gasteiger partial charge in [-0.05, 0) is 22.0 Å². The van der Waals surface area contributed by atoms with Gasteiger partial charge in [0.1, 0.15) is 5.82 Å². The van der Waals surface area contributed by atoms with E-state index in [4.69, 9.17) is 0 Å². The molecule has 78 valence electrons. The lowest BCUT2D eigenvalue weighted by Crippen LogP contribution is -2.27. The number of nitrogens with one attached hydrogen (secondary N) is 1. The Morgan fingerprint density at radius 1 is 1.40 bits per heavy atom. The molecule has 1 aliphatic rings. The molecule has 3 rings (SSSR count). The number of aromatic nitrogens is 1. The standard InChI is InChI=1S/C11H10BrFN2/c12-10-7-2-1-3-8(13)11(7)15-5-4-14-6-9(10)15/h1-3,14H,4-6H2. The molecule has 0 spiro atoms. The molecule has 2 aromatic rings. The van der Waals surface area contributed by atoms with Gasteiger partial charge in [-0.3, -0.25) is 0 Å². The van der Waals surface area contributed by atoms with Gasteiger partial charge in [0.25, 0.3) is 0 Å². The fraction of sp³-hybridized carbons (Fsp3) is 0.273. The van der Waals surface area contributed by atoms with Gasteiger partial charge in [-0.1, -0.05) is 12.1 Å². The van der Waals surface area contributed by atoms with Gasteiger partial charge in [0, 0.05) is 35.2 Å². The molecule has 0 saturated heterocycles. The number of hydrogen-bond donors (Lipinski definition) is 1. The van der Waals surface area contributed by atoms with Gasteiger partial charge in [-0.2, -0.15) is 0 Å². The minimum absolute atomic E-state index is 0.138. The average Bonchev–Trinajstić information content (AvgIpc) is 2.55. The van der Waals surface area contributed by atoms with Crippen molar-refractivity contribution in [1.29, 1.82) is 0 Å². The van der Waals surface area contributed by atoms with Crippen LogP contribution in [0.15, 0.2) is 22.7 Å². The van der Waals surface area contributed by atoms with Crippen LogP contribution in [0.4, 0.5) is 4.39 Å².